The molecule has 0 amide bonds. The molecule has 2 N–H and O–H groups in total. The van der Waals surface area contributed by atoms with E-state index >= 15 is 0 Å². The number of ether oxygens (including phenoxy) is 1. The maximum atomic E-state index is 14.0. The Hall–Kier alpha value is -4.26. The molecule has 4 aromatic rings. The average molecular weight is 500 g/mol. The van der Waals surface area contributed by atoms with E-state index in [1.54, 1.807) is 12.1 Å². The minimum atomic E-state index is -0.594. The van der Waals surface area contributed by atoms with Crippen LogP contribution in [0.5, 0.6) is 5.75 Å². The molecule has 37 heavy (non-hydrogen) atoms. The highest BCUT2D eigenvalue weighted by molar-refractivity contribution is 5.95. The van der Waals surface area contributed by atoms with E-state index in [1.807, 2.05) is 47.0 Å². The van der Waals surface area contributed by atoms with Crippen molar-refractivity contribution < 1.29 is 18.6 Å². The summed E-state index contributed by atoms with van der Waals surface area (Å²) < 4.78 is 35.8. The number of nitrogens with zero attached hydrogens (tertiary/aromatic N) is 4. The number of fused-ring (bicyclic) bond motifs is 3. The molecule has 6 rings (SSSR count). The number of likely N-dealkylation sites (N-methyl/N-ethyl adjacent to an activating group) is 1. The number of aliphatic hydroxyl groups excluding tert-OH is 1. The summed E-state index contributed by atoms with van der Waals surface area (Å²) >= 11 is 0. The molecule has 0 aliphatic carbocycles. The predicted octanol–water partition coefficient (Wildman–Crippen LogP) is 3.96. The Balaban J connectivity index is 1.53. The largest absolute Gasteiger partial charge is 0.488 e. The van der Waals surface area contributed by atoms with Crippen LogP contribution in [-0.2, 0) is 6.61 Å². The molecule has 1 aromatic heterocycles. The first-order chi connectivity index (χ1) is 17.9. The van der Waals surface area contributed by atoms with Gasteiger partial charge in [0.25, 0.3) is 0 Å². The van der Waals surface area contributed by atoms with Gasteiger partial charge < -0.3 is 24.3 Å². The van der Waals surface area contributed by atoms with E-state index < -0.39 is 11.9 Å². The van der Waals surface area contributed by atoms with Crippen LogP contribution in [0.3, 0.4) is 0 Å². The lowest BCUT2D eigenvalue weighted by atomic mass is 9.92. The number of halogens is 2. The van der Waals surface area contributed by atoms with Crippen molar-refractivity contribution in [2.45, 2.75) is 18.8 Å². The lowest BCUT2D eigenvalue weighted by Crippen LogP contribution is -2.30. The highest BCUT2D eigenvalue weighted by atomic mass is 19.1. The van der Waals surface area contributed by atoms with Gasteiger partial charge >= 0.3 is 0 Å². The Morgan fingerprint density at radius 1 is 1.08 bits per heavy atom. The Morgan fingerprint density at radius 3 is 2.62 bits per heavy atom. The molecule has 0 bridgehead atoms. The Labute approximate surface area is 211 Å². The van der Waals surface area contributed by atoms with Crippen LogP contribution < -0.4 is 10.4 Å². The number of aromatic nitrogens is 2. The van der Waals surface area contributed by atoms with Gasteiger partial charge in [0.15, 0.2) is 0 Å². The van der Waals surface area contributed by atoms with Crippen LogP contribution in [0.25, 0.3) is 22.7 Å². The molecular weight excluding hydrogens is 476 g/mol. The maximum absolute atomic E-state index is 14.0. The number of H-pyrrole nitrogens is 1. The predicted molar refractivity (Wildman–Crippen MR) is 134 cm³/mol. The molecule has 0 unspecified atom stereocenters. The van der Waals surface area contributed by atoms with Crippen molar-refractivity contribution >= 4 is 22.7 Å². The van der Waals surface area contributed by atoms with Crippen molar-refractivity contribution in [2.75, 3.05) is 20.1 Å². The number of aromatic amines is 1. The van der Waals surface area contributed by atoms with Gasteiger partial charge in [-0.05, 0) is 66.2 Å². The fourth-order valence-electron chi connectivity index (χ4n) is 5.33. The van der Waals surface area contributed by atoms with Gasteiger partial charge in [0.1, 0.15) is 24.0 Å². The minimum Gasteiger partial charge on any atom is -0.488 e. The van der Waals surface area contributed by atoms with E-state index in [1.165, 1.54) is 24.3 Å². The van der Waals surface area contributed by atoms with E-state index in [4.69, 9.17) is 4.74 Å². The number of imidazole rings is 1. The lowest BCUT2D eigenvalue weighted by molar-refractivity contribution is 0.146. The first-order valence-electron chi connectivity index (χ1n) is 11.9. The first kappa shape index (κ1) is 23.2. The van der Waals surface area contributed by atoms with Crippen LogP contribution in [0.2, 0.25) is 0 Å². The molecule has 9 heteroatoms. The standard InChI is InChI=1S/C28H23F2N5O2/c1-34-12-25(26(36)13-34)35-24-7-2-16(9-23(24)33-28(35)32-15-31)8-22-20-5-3-18(29)10-17(20)14-37-27-11-19(30)4-6-21(22)27/h2-11,25-26,36H,12-14H2,1H3,(H,32,33)/t25-,26-/m0/s1. The van der Waals surface area contributed by atoms with Crippen LogP contribution in [0.15, 0.2) is 59.6 Å². The number of nitriles is 1. The number of rotatable bonds is 2. The second-order valence-corrected chi connectivity index (χ2v) is 9.45. The zero-order valence-corrected chi connectivity index (χ0v) is 19.9. The SMILES string of the molecule is CN1C[C@H](O)[C@@H](n2c(=NC#N)[nH]c3cc(C=C4c5ccc(F)cc5COc5cc(F)ccc54)ccc32)C1. The number of aliphatic hydroxyl groups is 1. The fourth-order valence-corrected chi connectivity index (χ4v) is 5.33. The molecule has 1 saturated heterocycles. The van der Waals surface area contributed by atoms with Crippen LogP contribution in [0, 0.1) is 23.1 Å². The third-order valence-corrected chi connectivity index (χ3v) is 6.97. The molecule has 2 atom stereocenters. The quantitative estimate of drug-likeness (QED) is 0.409. The van der Waals surface area contributed by atoms with Gasteiger partial charge in [-0.2, -0.15) is 5.26 Å². The second-order valence-electron chi connectivity index (χ2n) is 9.45. The Kier molecular flexibility index (Phi) is 5.63. The summed E-state index contributed by atoms with van der Waals surface area (Å²) in [5, 5.41) is 19.9. The van der Waals surface area contributed by atoms with E-state index in [0.29, 0.717) is 35.6 Å². The van der Waals surface area contributed by atoms with Crippen LogP contribution in [0.4, 0.5) is 8.78 Å². The van der Waals surface area contributed by atoms with Crippen LogP contribution >= 0.6 is 0 Å². The normalized spacial score (nSPS) is 20.9. The van der Waals surface area contributed by atoms with Gasteiger partial charge in [-0.25, -0.2) is 8.78 Å². The number of benzene rings is 3. The van der Waals surface area contributed by atoms with E-state index in [9.17, 15) is 19.1 Å². The van der Waals surface area contributed by atoms with Gasteiger partial charge in [0, 0.05) is 30.3 Å². The smallest absolute Gasteiger partial charge is 0.219 e. The molecule has 0 spiro atoms. The summed E-state index contributed by atoms with van der Waals surface area (Å²) in [6, 6.07) is 14.4. The van der Waals surface area contributed by atoms with Crippen molar-refractivity contribution in [3.8, 4) is 11.9 Å². The highest BCUT2D eigenvalue weighted by Gasteiger charge is 2.32. The second kappa shape index (κ2) is 9.00. The summed E-state index contributed by atoms with van der Waals surface area (Å²) in [6.07, 6.45) is 3.20. The van der Waals surface area contributed by atoms with Crippen molar-refractivity contribution in [3.05, 3.63) is 94.1 Å². The van der Waals surface area contributed by atoms with Crippen LogP contribution in [0.1, 0.15) is 28.3 Å². The summed E-state index contributed by atoms with van der Waals surface area (Å²) in [4.78, 5) is 9.21. The zero-order chi connectivity index (χ0) is 25.7. The van der Waals surface area contributed by atoms with E-state index in [-0.39, 0.29) is 18.5 Å². The molecule has 7 nitrogen and oxygen atoms in total. The molecule has 2 aliphatic rings. The number of hydrogen-bond acceptors (Lipinski definition) is 5. The molecule has 1 fully saturated rings. The van der Waals surface area contributed by atoms with Gasteiger partial charge in [-0.15, -0.1) is 4.99 Å². The summed E-state index contributed by atoms with van der Waals surface area (Å²) in [6.45, 7) is 1.27. The average Bonchev–Trinajstić information content (AvgIpc) is 3.34. The lowest BCUT2D eigenvalue weighted by Gasteiger charge is -2.16. The topological polar surface area (TPSA) is 89.6 Å². The third kappa shape index (κ3) is 4.10. The van der Waals surface area contributed by atoms with E-state index in [2.05, 4.69) is 9.98 Å². The van der Waals surface area contributed by atoms with Gasteiger partial charge in [0.05, 0.1) is 23.2 Å². The summed E-state index contributed by atoms with van der Waals surface area (Å²) in [5.41, 5.74) is 5.68. The highest BCUT2D eigenvalue weighted by Crippen LogP contribution is 2.39. The Morgan fingerprint density at radius 2 is 1.86 bits per heavy atom. The van der Waals surface area contributed by atoms with Gasteiger partial charge in [-0.3, -0.25) is 0 Å². The van der Waals surface area contributed by atoms with Gasteiger partial charge in [-0.1, -0.05) is 12.1 Å². The molecular formula is C28H23F2N5O2. The van der Waals surface area contributed by atoms with Crippen molar-refractivity contribution in [1.82, 2.24) is 14.5 Å². The molecule has 0 radical (unpaired) electrons. The molecule has 2 aliphatic heterocycles. The van der Waals surface area contributed by atoms with Crippen LogP contribution in [-0.4, -0.2) is 45.8 Å². The minimum absolute atomic E-state index is 0.119. The molecule has 0 saturated carbocycles. The summed E-state index contributed by atoms with van der Waals surface area (Å²) in [5.74, 6) is -0.401. The molecule has 3 aromatic carbocycles. The molecule has 186 valence electrons. The summed E-state index contributed by atoms with van der Waals surface area (Å²) in [7, 11) is 1.94. The molecule has 3 heterocycles. The number of β-amino-alcohol motifs (C(OH)–C–C–N with tert-alkyl or cyclic N) is 1. The third-order valence-electron chi connectivity index (χ3n) is 6.97. The maximum Gasteiger partial charge on any atom is 0.219 e. The van der Waals surface area contributed by atoms with Crippen molar-refractivity contribution in [3.63, 3.8) is 0 Å². The number of hydrogen-bond donors (Lipinski definition) is 2. The first-order valence-corrected chi connectivity index (χ1v) is 11.9. The number of nitrogens with one attached hydrogen (secondary N) is 1. The number of likely N-dealkylation sites (tertiary alicyclic amines) is 1. The van der Waals surface area contributed by atoms with Gasteiger partial charge in [0.2, 0.25) is 11.8 Å². The monoisotopic (exact) mass is 499 g/mol. The fraction of sp³-hybridized carbons (Fsp3) is 0.214. The zero-order valence-electron chi connectivity index (χ0n) is 19.9. The van der Waals surface area contributed by atoms with E-state index in [0.717, 1.165) is 27.7 Å². The van der Waals surface area contributed by atoms with Crippen molar-refractivity contribution in [1.29, 1.82) is 5.26 Å². The Bertz CT molecular complexity index is 1620. The van der Waals surface area contributed by atoms with Crippen molar-refractivity contribution in [2.24, 2.45) is 4.99 Å².